The van der Waals surface area contributed by atoms with Crippen molar-refractivity contribution in [1.29, 1.82) is 5.41 Å². The number of aliphatic imine (C=N–C) groups is 1. The molecule has 0 unspecified atom stereocenters. The number of halogens is 1. The van der Waals surface area contributed by atoms with Crippen molar-refractivity contribution >= 4 is 33.0 Å². The van der Waals surface area contributed by atoms with Gasteiger partial charge in [-0.25, -0.2) is 0 Å². The van der Waals surface area contributed by atoms with Crippen LogP contribution in [0.5, 0.6) is 0 Å². The van der Waals surface area contributed by atoms with Crippen LogP contribution < -0.4 is 0 Å². The zero-order valence-electron chi connectivity index (χ0n) is 5.48. The lowest BCUT2D eigenvalue weighted by Crippen LogP contribution is -1.79. The Kier molecular flexibility index (Phi) is 4.57. The van der Waals surface area contributed by atoms with Crippen LogP contribution in [0.3, 0.4) is 0 Å². The van der Waals surface area contributed by atoms with Crippen LogP contribution in [-0.2, 0) is 0 Å². The van der Waals surface area contributed by atoms with Gasteiger partial charge in [0, 0.05) is 11.9 Å². The molecule has 0 aromatic carbocycles. The maximum atomic E-state index is 6.86. The minimum absolute atomic E-state index is 0.902. The Balaban J connectivity index is 4.27. The zero-order chi connectivity index (χ0) is 7.28. The van der Waals surface area contributed by atoms with E-state index in [0.717, 1.165) is 11.3 Å². The van der Waals surface area contributed by atoms with Crippen molar-refractivity contribution in [1.82, 2.24) is 0 Å². The quantitative estimate of drug-likeness (QED) is 0.564. The topological polar surface area (TPSA) is 36.2 Å². The smallest absolute Gasteiger partial charge is 0.0654 e. The Morgan fingerprint density at radius 1 is 1.56 bits per heavy atom. The summed E-state index contributed by atoms with van der Waals surface area (Å²) < 4.78 is 1.69. The van der Waals surface area contributed by atoms with Gasteiger partial charge in [0.1, 0.15) is 0 Å². The van der Waals surface area contributed by atoms with Crippen LogP contribution in [0.4, 0.5) is 0 Å². The SMILES string of the molecule is C/C(C=N)=C(\C)N=CI. The number of hydrogen-bond donors (Lipinski definition) is 1. The van der Waals surface area contributed by atoms with Crippen molar-refractivity contribution < 1.29 is 0 Å². The van der Waals surface area contributed by atoms with Crippen LogP contribution in [0.25, 0.3) is 0 Å². The van der Waals surface area contributed by atoms with Gasteiger partial charge in [0.2, 0.25) is 0 Å². The van der Waals surface area contributed by atoms with E-state index in [9.17, 15) is 0 Å². The van der Waals surface area contributed by atoms with E-state index in [1.165, 1.54) is 6.21 Å². The third-order valence-electron chi connectivity index (χ3n) is 1.03. The zero-order valence-corrected chi connectivity index (χ0v) is 7.64. The molecular formula is C6H9IN2. The van der Waals surface area contributed by atoms with E-state index in [0.29, 0.717) is 0 Å². The fourth-order valence-electron chi connectivity index (χ4n) is 0.279. The average molecular weight is 236 g/mol. The second-order valence-corrected chi connectivity index (χ2v) is 2.20. The molecule has 0 saturated carbocycles. The number of hydrogen-bond acceptors (Lipinski definition) is 2. The van der Waals surface area contributed by atoms with E-state index in [1.54, 1.807) is 4.22 Å². The summed E-state index contributed by atoms with van der Waals surface area (Å²) in [5.74, 6) is 0. The molecule has 0 amide bonds. The third-order valence-corrected chi connectivity index (χ3v) is 1.31. The van der Waals surface area contributed by atoms with E-state index >= 15 is 0 Å². The van der Waals surface area contributed by atoms with Crippen LogP contribution in [0.2, 0.25) is 0 Å². The van der Waals surface area contributed by atoms with Gasteiger partial charge in [-0.05, 0) is 42.0 Å². The lowest BCUT2D eigenvalue weighted by molar-refractivity contribution is 1.27. The number of rotatable bonds is 2. The third kappa shape index (κ3) is 3.40. The molecular weight excluding hydrogens is 227 g/mol. The Morgan fingerprint density at radius 2 is 2.11 bits per heavy atom. The molecule has 0 aromatic rings. The molecule has 9 heavy (non-hydrogen) atoms. The molecule has 50 valence electrons. The summed E-state index contributed by atoms with van der Waals surface area (Å²) in [7, 11) is 0. The predicted octanol–water partition coefficient (Wildman–Crippen LogP) is 2.39. The van der Waals surface area contributed by atoms with Gasteiger partial charge in [0.15, 0.2) is 0 Å². The Labute approximate surface area is 68.7 Å². The summed E-state index contributed by atoms with van der Waals surface area (Å²) >= 11 is 2.05. The number of allylic oxidation sites excluding steroid dienone is 2. The lowest BCUT2D eigenvalue weighted by atomic mass is 10.3. The second-order valence-electron chi connectivity index (χ2n) is 1.64. The summed E-state index contributed by atoms with van der Waals surface area (Å²) in [5, 5.41) is 6.86. The maximum absolute atomic E-state index is 6.86. The van der Waals surface area contributed by atoms with Gasteiger partial charge < -0.3 is 5.41 Å². The minimum atomic E-state index is 0.902. The first kappa shape index (κ1) is 8.81. The Morgan fingerprint density at radius 3 is 2.44 bits per heavy atom. The molecule has 0 fully saturated rings. The number of nitrogens with zero attached hydrogens (tertiary/aromatic N) is 1. The molecule has 0 spiro atoms. The highest BCUT2D eigenvalue weighted by Gasteiger charge is 1.86. The monoisotopic (exact) mass is 236 g/mol. The van der Waals surface area contributed by atoms with Crippen molar-refractivity contribution in [2.24, 2.45) is 4.99 Å². The van der Waals surface area contributed by atoms with Gasteiger partial charge in [0.05, 0.1) is 4.22 Å². The first-order valence-electron chi connectivity index (χ1n) is 2.53. The van der Waals surface area contributed by atoms with Crippen LogP contribution in [0.1, 0.15) is 13.8 Å². The normalized spacial score (nSPS) is 13.7. The molecule has 3 heteroatoms. The van der Waals surface area contributed by atoms with Crippen molar-refractivity contribution in [3.63, 3.8) is 0 Å². The Bertz CT molecular complexity index is 158. The van der Waals surface area contributed by atoms with E-state index < -0.39 is 0 Å². The summed E-state index contributed by atoms with van der Waals surface area (Å²) in [6.07, 6.45) is 1.30. The largest absolute Gasteiger partial charge is 0.308 e. The van der Waals surface area contributed by atoms with Crippen molar-refractivity contribution in [2.75, 3.05) is 0 Å². The van der Waals surface area contributed by atoms with Gasteiger partial charge in [0.25, 0.3) is 0 Å². The molecule has 0 aliphatic carbocycles. The highest BCUT2D eigenvalue weighted by molar-refractivity contribution is 14.1. The van der Waals surface area contributed by atoms with Crippen LogP contribution in [-0.4, -0.2) is 10.4 Å². The molecule has 0 radical (unpaired) electrons. The van der Waals surface area contributed by atoms with Crippen LogP contribution >= 0.6 is 22.6 Å². The molecule has 0 rings (SSSR count). The summed E-state index contributed by atoms with van der Waals surface area (Å²) in [6.45, 7) is 3.75. The van der Waals surface area contributed by atoms with Crippen LogP contribution in [0.15, 0.2) is 16.3 Å². The first-order chi connectivity index (χ1) is 4.22. The van der Waals surface area contributed by atoms with Gasteiger partial charge >= 0.3 is 0 Å². The van der Waals surface area contributed by atoms with E-state index in [1.807, 2.05) is 13.8 Å². The van der Waals surface area contributed by atoms with Crippen molar-refractivity contribution in [3.8, 4) is 0 Å². The molecule has 0 heterocycles. The summed E-state index contributed by atoms with van der Waals surface area (Å²) in [6, 6.07) is 0. The highest BCUT2D eigenvalue weighted by Crippen LogP contribution is 2.00. The van der Waals surface area contributed by atoms with Gasteiger partial charge in [-0.3, -0.25) is 4.99 Å². The van der Waals surface area contributed by atoms with Crippen LogP contribution in [0, 0.1) is 5.41 Å². The molecule has 0 aliphatic rings. The minimum Gasteiger partial charge on any atom is -0.308 e. The van der Waals surface area contributed by atoms with Gasteiger partial charge in [-0.15, -0.1) is 0 Å². The fraction of sp³-hybridized carbons (Fsp3) is 0.333. The highest BCUT2D eigenvalue weighted by atomic mass is 127. The first-order valence-corrected chi connectivity index (χ1v) is 3.77. The second kappa shape index (κ2) is 4.67. The summed E-state index contributed by atoms with van der Waals surface area (Å²) in [5.41, 5.74) is 1.81. The van der Waals surface area contributed by atoms with E-state index in [-0.39, 0.29) is 0 Å². The standard InChI is InChI=1S/C6H9IN2/c1-5(3-8)6(2)9-4-7/h3-4,8H,1-2H3/b6-5-,8-3?,9-4?. The Hall–Kier alpha value is -0.190. The van der Waals surface area contributed by atoms with E-state index in [4.69, 9.17) is 5.41 Å². The molecule has 0 atom stereocenters. The number of nitrogens with one attached hydrogen (secondary N) is 1. The molecule has 1 N–H and O–H groups in total. The lowest BCUT2D eigenvalue weighted by Gasteiger charge is -1.91. The molecule has 0 aliphatic heterocycles. The average Bonchev–Trinajstić information content (AvgIpc) is 1.87. The maximum Gasteiger partial charge on any atom is 0.0654 e. The molecule has 0 aromatic heterocycles. The molecule has 2 nitrogen and oxygen atoms in total. The molecule has 0 saturated heterocycles. The molecule has 0 bridgehead atoms. The van der Waals surface area contributed by atoms with Gasteiger partial charge in [-0.1, -0.05) is 0 Å². The summed E-state index contributed by atoms with van der Waals surface area (Å²) in [4.78, 5) is 3.99. The van der Waals surface area contributed by atoms with Crippen molar-refractivity contribution in [3.05, 3.63) is 11.3 Å². The van der Waals surface area contributed by atoms with Gasteiger partial charge in [-0.2, -0.15) is 0 Å². The fourth-order valence-corrected chi connectivity index (χ4v) is 0.697. The van der Waals surface area contributed by atoms with Crippen molar-refractivity contribution in [2.45, 2.75) is 13.8 Å². The predicted molar refractivity (Wildman–Crippen MR) is 49.7 cm³/mol. The van der Waals surface area contributed by atoms with E-state index in [2.05, 4.69) is 27.6 Å².